The molecule has 0 saturated carbocycles. The van der Waals surface area contributed by atoms with E-state index in [2.05, 4.69) is 27.1 Å². The number of aryl methyl sites for hydroxylation is 2. The molecule has 26 heavy (non-hydrogen) atoms. The first-order valence-corrected chi connectivity index (χ1v) is 9.39. The van der Waals surface area contributed by atoms with Gasteiger partial charge in [-0.15, -0.1) is 0 Å². The van der Waals surface area contributed by atoms with E-state index in [-0.39, 0.29) is 5.91 Å². The summed E-state index contributed by atoms with van der Waals surface area (Å²) in [5.74, 6) is 1.63. The predicted molar refractivity (Wildman–Crippen MR) is 101 cm³/mol. The molecule has 1 atom stereocenters. The zero-order chi connectivity index (χ0) is 17.9. The quantitative estimate of drug-likeness (QED) is 0.742. The average Bonchev–Trinajstić information content (AvgIpc) is 3.26. The molecule has 1 aromatic carbocycles. The van der Waals surface area contributed by atoms with E-state index in [4.69, 9.17) is 0 Å². The number of carbonyl (C=O) groups is 1. The summed E-state index contributed by atoms with van der Waals surface area (Å²) in [7, 11) is 0. The van der Waals surface area contributed by atoms with E-state index in [1.165, 1.54) is 17.7 Å². The molecule has 0 spiro atoms. The smallest absolute Gasteiger partial charge is 0.223 e. The molecular formula is C20H25N5O. The first-order chi connectivity index (χ1) is 12.7. The van der Waals surface area contributed by atoms with Gasteiger partial charge in [0.2, 0.25) is 5.91 Å². The number of nitrogens with one attached hydrogen (secondary N) is 2. The minimum atomic E-state index is 0.233. The Hall–Kier alpha value is -2.63. The molecule has 3 heterocycles. The van der Waals surface area contributed by atoms with E-state index in [1.54, 1.807) is 0 Å². The third kappa shape index (κ3) is 3.64. The topological polar surface area (TPSA) is 77.7 Å². The minimum Gasteiger partial charge on any atom is -0.342 e. The monoisotopic (exact) mass is 351 g/mol. The molecule has 136 valence electrons. The third-order valence-electron chi connectivity index (χ3n) is 5.31. The maximum atomic E-state index is 12.7. The van der Waals surface area contributed by atoms with Crippen LogP contribution in [0.4, 0.5) is 0 Å². The molecule has 6 heteroatoms. The second-order valence-corrected chi connectivity index (χ2v) is 7.28. The van der Waals surface area contributed by atoms with E-state index in [0.29, 0.717) is 18.8 Å². The fourth-order valence-electron chi connectivity index (χ4n) is 3.83. The lowest BCUT2D eigenvalue weighted by molar-refractivity contribution is -0.133. The lowest BCUT2D eigenvalue weighted by Gasteiger charge is -2.32. The van der Waals surface area contributed by atoms with Gasteiger partial charge in [0, 0.05) is 31.6 Å². The number of carbonyl (C=O) groups excluding carboxylic acids is 1. The number of hydrogen-bond donors (Lipinski definition) is 2. The highest BCUT2D eigenvalue weighted by Crippen LogP contribution is 2.22. The number of benzene rings is 1. The first-order valence-electron chi connectivity index (χ1n) is 9.39. The van der Waals surface area contributed by atoms with Crippen LogP contribution in [-0.4, -0.2) is 44.1 Å². The van der Waals surface area contributed by atoms with Crippen molar-refractivity contribution in [3.63, 3.8) is 0 Å². The Morgan fingerprint density at radius 1 is 1.35 bits per heavy atom. The van der Waals surface area contributed by atoms with Crippen LogP contribution >= 0.6 is 0 Å². The van der Waals surface area contributed by atoms with Crippen LogP contribution in [0.25, 0.3) is 11.0 Å². The van der Waals surface area contributed by atoms with E-state index in [9.17, 15) is 4.79 Å². The summed E-state index contributed by atoms with van der Waals surface area (Å²) < 4.78 is 0. The SMILES string of the molecule is Cc1cn[nH]c1C[C@@H]1CCCN(C(=O)CCc2nc3ccccc3[nH]2)C1. The zero-order valence-corrected chi connectivity index (χ0v) is 15.2. The van der Waals surface area contributed by atoms with Crippen molar-refractivity contribution in [2.75, 3.05) is 13.1 Å². The maximum absolute atomic E-state index is 12.7. The van der Waals surface area contributed by atoms with Crippen LogP contribution < -0.4 is 0 Å². The van der Waals surface area contributed by atoms with Gasteiger partial charge in [0.25, 0.3) is 0 Å². The lowest BCUT2D eigenvalue weighted by Crippen LogP contribution is -2.40. The summed E-state index contributed by atoms with van der Waals surface area (Å²) in [6.45, 7) is 3.80. The number of amides is 1. The van der Waals surface area contributed by atoms with E-state index < -0.39 is 0 Å². The van der Waals surface area contributed by atoms with Crippen LogP contribution in [0.3, 0.4) is 0 Å². The Labute approximate surface area is 153 Å². The number of aromatic amines is 2. The molecule has 2 aromatic heterocycles. The van der Waals surface area contributed by atoms with Gasteiger partial charge in [-0.1, -0.05) is 12.1 Å². The van der Waals surface area contributed by atoms with E-state index >= 15 is 0 Å². The molecule has 1 fully saturated rings. The largest absolute Gasteiger partial charge is 0.342 e. The normalized spacial score (nSPS) is 17.7. The number of aromatic nitrogens is 4. The van der Waals surface area contributed by atoms with Gasteiger partial charge < -0.3 is 9.88 Å². The van der Waals surface area contributed by atoms with Crippen LogP contribution in [0, 0.1) is 12.8 Å². The first kappa shape index (κ1) is 16.8. The number of likely N-dealkylation sites (tertiary alicyclic amines) is 1. The van der Waals surface area contributed by atoms with Crippen molar-refractivity contribution in [2.24, 2.45) is 5.92 Å². The van der Waals surface area contributed by atoms with Crippen molar-refractivity contribution in [1.82, 2.24) is 25.1 Å². The Morgan fingerprint density at radius 2 is 2.23 bits per heavy atom. The summed E-state index contributed by atoms with van der Waals surface area (Å²) in [6.07, 6.45) is 6.26. The Morgan fingerprint density at radius 3 is 3.04 bits per heavy atom. The van der Waals surface area contributed by atoms with E-state index in [0.717, 1.165) is 42.8 Å². The number of piperidine rings is 1. The lowest BCUT2D eigenvalue weighted by atomic mass is 9.92. The molecule has 2 N–H and O–H groups in total. The molecule has 3 aromatic rings. The number of H-pyrrole nitrogens is 2. The zero-order valence-electron chi connectivity index (χ0n) is 15.2. The van der Waals surface area contributed by atoms with Crippen LogP contribution in [0.2, 0.25) is 0 Å². The molecule has 1 aliphatic rings. The van der Waals surface area contributed by atoms with Gasteiger partial charge in [0.15, 0.2) is 0 Å². The van der Waals surface area contributed by atoms with Gasteiger partial charge in [0.1, 0.15) is 5.82 Å². The molecule has 1 aliphatic heterocycles. The number of nitrogens with zero attached hydrogens (tertiary/aromatic N) is 3. The molecule has 1 amide bonds. The number of rotatable bonds is 5. The van der Waals surface area contributed by atoms with Gasteiger partial charge in [-0.05, 0) is 49.8 Å². The molecule has 0 aliphatic carbocycles. The fraction of sp³-hybridized carbons (Fsp3) is 0.450. The molecule has 6 nitrogen and oxygen atoms in total. The van der Waals surface area contributed by atoms with Gasteiger partial charge >= 0.3 is 0 Å². The minimum absolute atomic E-state index is 0.233. The van der Waals surface area contributed by atoms with Crippen LogP contribution in [0.5, 0.6) is 0 Å². The maximum Gasteiger partial charge on any atom is 0.223 e. The van der Waals surface area contributed by atoms with Crippen LogP contribution in [-0.2, 0) is 17.6 Å². The fourth-order valence-corrected chi connectivity index (χ4v) is 3.83. The molecule has 4 rings (SSSR count). The average molecular weight is 351 g/mol. The van der Waals surface area contributed by atoms with Crippen molar-refractivity contribution in [3.05, 3.63) is 47.5 Å². The van der Waals surface area contributed by atoms with Crippen molar-refractivity contribution >= 4 is 16.9 Å². The molecule has 0 radical (unpaired) electrons. The molecular weight excluding hydrogens is 326 g/mol. The second-order valence-electron chi connectivity index (χ2n) is 7.28. The van der Waals surface area contributed by atoms with Crippen LogP contribution in [0.1, 0.15) is 36.3 Å². The van der Waals surface area contributed by atoms with E-state index in [1.807, 2.05) is 35.4 Å². The molecule has 1 saturated heterocycles. The van der Waals surface area contributed by atoms with Crippen molar-refractivity contribution in [3.8, 4) is 0 Å². The summed E-state index contributed by atoms with van der Waals surface area (Å²) in [6, 6.07) is 7.97. The Kier molecular flexibility index (Phi) is 4.73. The van der Waals surface area contributed by atoms with Gasteiger partial charge in [-0.25, -0.2) is 4.98 Å². The van der Waals surface area contributed by atoms with Crippen LogP contribution in [0.15, 0.2) is 30.5 Å². The number of fused-ring (bicyclic) bond motifs is 1. The molecule has 0 unspecified atom stereocenters. The van der Waals surface area contributed by atoms with Gasteiger partial charge in [-0.3, -0.25) is 9.89 Å². The highest BCUT2D eigenvalue weighted by Gasteiger charge is 2.24. The summed E-state index contributed by atoms with van der Waals surface area (Å²) in [5.41, 5.74) is 4.40. The molecule has 0 bridgehead atoms. The summed E-state index contributed by atoms with van der Waals surface area (Å²) in [4.78, 5) is 22.6. The highest BCUT2D eigenvalue weighted by atomic mass is 16.2. The standard InChI is InChI=1S/C20H25N5O/c1-14-12-21-24-18(14)11-15-5-4-10-25(13-15)20(26)9-8-19-22-16-6-2-3-7-17(16)23-19/h2-3,6-7,12,15H,4-5,8-11,13H2,1H3,(H,21,24)(H,22,23)/t15-/m0/s1. The summed E-state index contributed by atoms with van der Waals surface area (Å²) in [5, 5.41) is 7.20. The van der Waals surface area contributed by atoms with Gasteiger partial charge in [-0.2, -0.15) is 5.10 Å². The number of para-hydroxylation sites is 2. The number of imidazole rings is 1. The number of hydrogen-bond acceptors (Lipinski definition) is 3. The third-order valence-corrected chi connectivity index (χ3v) is 5.31. The second kappa shape index (κ2) is 7.32. The van der Waals surface area contributed by atoms with Gasteiger partial charge in [0.05, 0.1) is 17.2 Å². The Bertz CT molecular complexity index is 863. The van der Waals surface area contributed by atoms with Crippen molar-refractivity contribution in [1.29, 1.82) is 0 Å². The Balaban J connectivity index is 1.33. The predicted octanol–water partition coefficient (Wildman–Crippen LogP) is 3.01. The highest BCUT2D eigenvalue weighted by molar-refractivity contribution is 5.77. The van der Waals surface area contributed by atoms with Crippen molar-refractivity contribution in [2.45, 2.75) is 39.0 Å². The summed E-state index contributed by atoms with van der Waals surface area (Å²) >= 11 is 0. The van der Waals surface area contributed by atoms with Crippen molar-refractivity contribution < 1.29 is 4.79 Å².